The smallest absolute Gasteiger partial charge is 0.130 e. The van der Waals surface area contributed by atoms with Crippen molar-refractivity contribution < 1.29 is 9.13 Å². The Bertz CT molecular complexity index is 372. The third-order valence-corrected chi connectivity index (χ3v) is 3.29. The molecule has 1 aliphatic rings. The maximum absolute atomic E-state index is 13.9. The summed E-state index contributed by atoms with van der Waals surface area (Å²) in [7, 11) is 1.62. The van der Waals surface area contributed by atoms with Gasteiger partial charge >= 0.3 is 0 Å². The predicted octanol–water partition coefficient (Wildman–Crippen LogP) is 2.61. The molecule has 1 heterocycles. The van der Waals surface area contributed by atoms with Gasteiger partial charge in [-0.25, -0.2) is 4.39 Å². The molecule has 1 aromatic carbocycles. The molecule has 0 amide bonds. The minimum absolute atomic E-state index is 0.130. The van der Waals surface area contributed by atoms with Crippen LogP contribution in [0.15, 0.2) is 12.1 Å². The quantitative estimate of drug-likeness (QED) is 0.832. The fraction of sp³-hybridized carbons (Fsp3) is 0.538. The van der Waals surface area contributed by atoms with Gasteiger partial charge in [0.1, 0.15) is 11.6 Å². The molecule has 3 heteroatoms. The van der Waals surface area contributed by atoms with Crippen molar-refractivity contribution >= 4 is 0 Å². The molecular formula is C13H18FNO. The second-order valence-electron chi connectivity index (χ2n) is 4.34. The van der Waals surface area contributed by atoms with Gasteiger partial charge in [-0.05, 0) is 50.4 Å². The summed E-state index contributed by atoms with van der Waals surface area (Å²) in [4.78, 5) is 0. The largest absolute Gasteiger partial charge is 0.496 e. The van der Waals surface area contributed by atoms with Crippen LogP contribution < -0.4 is 10.1 Å². The number of piperidine rings is 1. The third kappa shape index (κ3) is 2.05. The van der Waals surface area contributed by atoms with Crippen molar-refractivity contribution in [3.8, 4) is 5.75 Å². The van der Waals surface area contributed by atoms with Crippen molar-refractivity contribution in [1.82, 2.24) is 5.32 Å². The van der Waals surface area contributed by atoms with Crippen LogP contribution in [0.1, 0.15) is 29.9 Å². The highest BCUT2D eigenvalue weighted by molar-refractivity contribution is 5.44. The standard InChI is InChI=1S/C13H18FNO/c1-9-3-4-11(14)12(13(9)16-2)10-5-7-15-8-6-10/h3-4,10,15H,5-8H2,1-2H3. The molecule has 1 aliphatic heterocycles. The Morgan fingerprint density at radius 1 is 1.31 bits per heavy atom. The Morgan fingerprint density at radius 3 is 2.62 bits per heavy atom. The number of methoxy groups -OCH3 is 1. The lowest BCUT2D eigenvalue weighted by molar-refractivity contribution is 0.379. The number of benzene rings is 1. The number of hydrogen-bond acceptors (Lipinski definition) is 2. The fourth-order valence-corrected chi connectivity index (χ4v) is 2.45. The van der Waals surface area contributed by atoms with Gasteiger partial charge in [0.15, 0.2) is 0 Å². The Kier molecular flexibility index (Phi) is 3.44. The predicted molar refractivity (Wildman–Crippen MR) is 62.5 cm³/mol. The lowest BCUT2D eigenvalue weighted by atomic mass is 9.88. The molecule has 1 N–H and O–H groups in total. The van der Waals surface area contributed by atoms with Gasteiger partial charge in [0.25, 0.3) is 0 Å². The van der Waals surface area contributed by atoms with Crippen molar-refractivity contribution in [2.45, 2.75) is 25.7 Å². The van der Waals surface area contributed by atoms with Gasteiger partial charge in [-0.15, -0.1) is 0 Å². The van der Waals surface area contributed by atoms with Gasteiger partial charge in [0, 0.05) is 5.56 Å². The zero-order valence-corrected chi connectivity index (χ0v) is 9.85. The van der Waals surface area contributed by atoms with Crippen LogP contribution in [0.4, 0.5) is 4.39 Å². The van der Waals surface area contributed by atoms with E-state index in [1.165, 1.54) is 0 Å². The van der Waals surface area contributed by atoms with E-state index in [0.717, 1.165) is 42.8 Å². The van der Waals surface area contributed by atoms with Gasteiger partial charge in [0.05, 0.1) is 7.11 Å². The average Bonchev–Trinajstić information content (AvgIpc) is 2.33. The first-order valence-electron chi connectivity index (χ1n) is 5.77. The number of ether oxygens (including phenoxy) is 1. The summed E-state index contributed by atoms with van der Waals surface area (Å²) in [6.45, 7) is 3.88. The summed E-state index contributed by atoms with van der Waals surface area (Å²) >= 11 is 0. The first-order valence-corrected chi connectivity index (χ1v) is 5.77. The van der Waals surface area contributed by atoms with E-state index in [9.17, 15) is 4.39 Å². The van der Waals surface area contributed by atoms with E-state index >= 15 is 0 Å². The molecule has 1 fully saturated rings. The minimum Gasteiger partial charge on any atom is -0.496 e. The molecule has 0 radical (unpaired) electrons. The highest BCUT2D eigenvalue weighted by atomic mass is 19.1. The van der Waals surface area contributed by atoms with Crippen molar-refractivity contribution in [2.75, 3.05) is 20.2 Å². The molecule has 88 valence electrons. The molecule has 1 aromatic rings. The zero-order chi connectivity index (χ0) is 11.5. The first-order chi connectivity index (χ1) is 7.74. The fourth-order valence-electron chi connectivity index (χ4n) is 2.45. The number of nitrogens with one attached hydrogen (secondary N) is 1. The number of halogens is 1. The number of hydrogen-bond donors (Lipinski definition) is 1. The van der Waals surface area contributed by atoms with Gasteiger partial charge in [-0.3, -0.25) is 0 Å². The molecule has 1 saturated heterocycles. The Balaban J connectivity index is 2.40. The van der Waals surface area contributed by atoms with Crippen LogP contribution in [-0.4, -0.2) is 20.2 Å². The molecule has 16 heavy (non-hydrogen) atoms. The summed E-state index contributed by atoms with van der Waals surface area (Å²) < 4.78 is 19.3. The van der Waals surface area contributed by atoms with Crippen LogP contribution in [0.5, 0.6) is 5.75 Å². The molecule has 2 nitrogen and oxygen atoms in total. The first kappa shape index (κ1) is 11.4. The van der Waals surface area contributed by atoms with Gasteiger partial charge < -0.3 is 10.1 Å². The molecule has 0 aliphatic carbocycles. The van der Waals surface area contributed by atoms with Crippen molar-refractivity contribution in [3.63, 3.8) is 0 Å². The number of rotatable bonds is 2. The normalized spacial score (nSPS) is 17.4. The molecule has 0 aromatic heterocycles. The Morgan fingerprint density at radius 2 is 2.00 bits per heavy atom. The SMILES string of the molecule is COc1c(C)ccc(F)c1C1CCNCC1. The minimum atomic E-state index is -0.130. The highest BCUT2D eigenvalue weighted by Crippen LogP contribution is 2.36. The monoisotopic (exact) mass is 223 g/mol. The van der Waals surface area contributed by atoms with Crippen LogP contribution in [0.2, 0.25) is 0 Å². The van der Waals surface area contributed by atoms with Crippen LogP contribution in [0.25, 0.3) is 0 Å². The number of aryl methyl sites for hydroxylation is 1. The van der Waals surface area contributed by atoms with Gasteiger partial charge in [-0.1, -0.05) is 6.07 Å². The Labute approximate surface area is 95.8 Å². The molecule has 0 saturated carbocycles. The summed E-state index contributed by atoms with van der Waals surface area (Å²) in [6.07, 6.45) is 1.97. The van der Waals surface area contributed by atoms with E-state index in [-0.39, 0.29) is 11.7 Å². The summed E-state index contributed by atoms with van der Waals surface area (Å²) in [5.41, 5.74) is 1.78. The molecule has 0 bridgehead atoms. The summed E-state index contributed by atoms with van der Waals surface area (Å²) in [5.74, 6) is 0.886. The molecule has 2 rings (SSSR count). The van der Waals surface area contributed by atoms with Gasteiger partial charge in [-0.2, -0.15) is 0 Å². The van der Waals surface area contributed by atoms with Crippen LogP contribution in [0.3, 0.4) is 0 Å². The lowest BCUT2D eigenvalue weighted by Gasteiger charge is -2.25. The third-order valence-electron chi connectivity index (χ3n) is 3.29. The van der Waals surface area contributed by atoms with E-state index in [2.05, 4.69) is 5.32 Å². The Hall–Kier alpha value is -1.09. The van der Waals surface area contributed by atoms with Gasteiger partial charge in [0.2, 0.25) is 0 Å². The average molecular weight is 223 g/mol. The molecule has 0 atom stereocenters. The van der Waals surface area contributed by atoms with Crippen molar-refractivity contribution in [1.29, 1.82) is 0 Å². The lowest BCUT2D eigenvalue weighted by Crippen LogP contribution is -2.27. The van der Waals surface area contributed by atoms with E-state index in [0.29, 0.717) is 0 Å². The van der Waals surface area contributed by atoms with E-state index in [1.54, 1.807) is 19.2 Å². The second-order valence-corrected chi connectivity index (χ2v) is 4.34. The highest BCUT2D eigenvalue weighted by Gasteiger charge is 2.23. The summed E-state index contributed by atoms with van der Waals surface area (Å²) in [5, 5.41) is 3.29. The molecule has 0 unspecified atom stereocenters. The van der Waals surface area contributed by atoms with E-state index in [4.69, 9.17) is 4.74 Å². The topological polar surface area (TPSA) is 21.3 Å². The van der Waals surface area contributed by atoms with Crippen molar-refractivity contribution in [3.05, 3.63) is 29.1 Å². The van der Waals surface area contributed by atoms with Crippen molar-refractivity contribution in [2.24, 2.45) is 0 Å². The maximum Gasteiger partial charge on any atom is 0.130 e. The summed E-state index contributed by atoms with van der Waals surface area (Å²) in [6, 6.07) is 3.33. The van der Waals surface area contributed by atoms with Crippen LogP contribution >= 0.6 is 0 Å². The molecule has 0 spiro atoms. The van der Waals surface area contributed by atoms with Crippen LogP contribution in [-0.2, 0) is 0 Å². The van der Waals surface area contributed by atoms with E-state index < -0.39 is 0 Å². The van der Waals surface area contributed by atoms with Crippen LogP contribution in [0, 0.1) is 12.7 Å². The molecular weight excluding hydrogens is 205 g/mol. The zero-order valence-electron chi connectivity index (χ0n) is 9.85. The van der Waals surface area contributed by atoms with E-state index in [1.807, 2.05) is 6.92 Å². The second kappa shape index (κ2) is 4.83. The maximum atomic E-state index is 13.9.